The van der Waals surface area contributed by atoms with E-state index in [1.807, 2.05) is 35.3 Å². The summed E-state index contributed by atoms with van der Waals surface area (Å²) in [4.78, 5) is 68.2. The second-order valence-corrected chi connectivity index (χ2v) is 25.3. The Morgan fingerprint density at radius 1 is 0.338 bits per heavy atom. The number of carbonyl (C=O) groups is 6. The number of ether oxygens (including phenoxy) is 3. The van der Waals surface area contributed by atoms with Crippen molar-refractivity contribution in [3.63, 3.8) is 0 Å². The van der Waals surface area contributed by atoms with E-state index in [1.165, 1.54) is 21.3 Å². The number of thioether (sulfide) groups is 6. The Kier molecular flexibility index (Phi) is 78.7. The summed E-state index contributed by atoms with van der Waals surface area (Å²) >= 11 is 10.9. The van der Waals surface area contributed by atoms with Crippen molar-refractivity contribution in [1.29, 1.82) is 0 Å². The number of nitrogens with two attached hydrogens (primary N) is 5. The van der Waals surface area contributed by atoms with Crippen LogP contribution in [-0.4, -0.2) is 211 Å². The molecule has 0 aliphatic rings. The van der Waals surface area contributed by atoms with Gasteiger partial charge in [0.05, 0.1) is 40.6 Å². The predicted octanol–water partition coefficient (Wildman–Crippen LogP) is 4.16. The van der Waals surface area contributed by atoms with Crippen LogP contribution in [0.3, 0.4) is 0 Å². The summed E-state index contributed by atoms with van der Waals surface area (Å²) in [5.41, 5.74) is 25.4. The maximum absolute atomic E-state index is 11.8. The Balaban J connectivity index is -0.000000251. The fourth-order valence-corrected chi connectivity index (χ4v) is 12.8. The van der Waals surface area contributed by atoms with Crippen LogP contribution in [0.15, 0.2) is 0 Å². The molecule has 0 rings (SSSR count). The minimum atomic E-state index is -0.142. The van der Waals surface area contributed by atoms with Crippen LogP contribution in [0.4, 0.5) is 0 Å². The zero-order valence-corrected chi connectivity index (χ0v) is 54.3. The van der Waals surface area contributed by atoms with E-state index in [9.17, 15) is 28.8 Å². The van der Waals surface area contributed by atoms with Gasteiger partial charge in [0.15, 0.2) is 0 Å². The van der Waals surface area contributed by atoms with Crippen molar-refractivity contribution in [3.8, 4) is 0 Å². The van der Waals surface area contributed by atoms with Gasteiger partial charge in [-0.25, -0.2) is 0 Å². The molecule has 0 aromatic rings. The number of nitrogens with one attached hydrogen (secondary N) is 6. The third-order valence-corrected chi connectivity index (χ3v) is 19.0. The van der Waals surface area contributed by atoms with E-state index in [2.05, 4.69) is 99.1 Å². The first-order chi connectivity index (χ1) is 37.4. The van der Waals surface area contributed by atoms with Crippen LogP contribution in [-0.2, 0) is 43.0 Å². The Labute approximate surface area is 512 Å². The fraction of sp³-hybridized carbons (Fsp3) is 0.889. The number of hydrogen-bond donors (Lipinski definition) is 11. The number of carbonyl (C=O) groups excluding carboxylic acids is 6. The maximum atomic E-state index is 11.8. The number of methoxy groups -OCH3 is 3. The SMILES string of the molecule is C.C.CC(CSCCC(=O)NCCNCCN)C(C)CSCCC(=O)NCCNCCN.COC(=O)CCSCC(C)C(C)CSCCC(=O)NCCNCCN.COC(=O)CCSCC(C)C(C)CSCCC(=O)OC.NCN. The highest BCUT2D eigenvalue weighted by Gasteiger charge is 2.16. The summed E-state index contributed by atoms with van der Waals surface area (Å²) in [6.07, 6.45) is 3.14. The molecule has 0 saturated heterocycles. The molecular formula is C54H119N11O9S6. The van der Waals surface area contributed by atoms with Gasteiger partial charge in [0.1, 0.15) is 0 Å². The molecule has 480 valence electrons. The molecule has 6 atom stereocenters. The van der Waals surface area contributed by atoms with Gasteiger partial charge in [0.25, 0.3) is 0 Å². The first-order valence-corrected chi connectivity index (χ1v) is 34.5. The molecule has 0 radical (unpaired) electrons. The highest BCUT2D eigenvalue weighted by molar-refractivity contribution is 8.00. The molecule has 0 spiro atoms. The lowest BCUT2D eigenvalue weighted by atomic mass is 10.0. The van der Waals surface area contributed by atoms with Gasteiger partial charge in [-0.3, -0.25) is 28.8 Å². The normalized spacial score (nSPS) is 12.7. The van der Waals surface area contributed by atoms with Crippen LogP contribution in [0.5, 0.6) is 0 Å². The Bertz CT molecular complexity index is 1350. The summed E-state index contributed by atoms with van der Waals surface area (Å²) in [5, 5.41) is 18.2. The standard InChI is InChI=1S/C20H44N6O2S2.C17H35N3O3S2.C14H26O4S2.CH6N2.2CH4/c1-17(15-29-13-3-19(27)25-11-9-23-7-5-21)18(2)16-30-14-4-20(28)26-12-10-24-8-6-22;1-14(15(2)13-25-11-5-17(22)23-3)12-24-10-4-16(21)20-9-8-19-7-6-18;1-11(9-19-7-5-13(15)17-3)12(2)10-20-8-6-14(16)18-4;2-1-3;;/h17-18,23-24H,3-16,21-22H2,1-2H3,(H,25,27)(H,26,28);14-15,19H,4-13,18H2,1-3H3,(H,20,21);11-12H,5-10H2,1-4H3;1-3H2;2*1H4. The molecule has 0 aliphatic carbocycles. The molecule has 20 nitrogen and oxygen atoms in total. The Morgan fingerprint density at radius 2 is 0.525 bits per heavy atom. The number of esters is 3. The van der Waals surface area contributed by atoms with E-state index in [0.717, 1.165) is 108 Å². The first-order valence-electron chi connectivity index (χ1n) is 27.5. The lowest BCUT2D eigenvalue weighted by molar-refractivity contribution is -0.141. The summed E-state index contributed by atoms with van der Waals surface area (Å²) in [6.45, 7) is 22.2. The van der Waals surface area contributed by atoms with Gasteiger partial charge in [0.2, 0.25) is 17.7 Å². The van der Waals surface area contributed by atoms with Crippen molar-refractivity contribution < 1.29 is 43.0 Å². The average Bonchev–Trinajstić information content (AvgIpc) is 3.43. The molecule has 0 heterocycles. The predicted molar refractivity (Wildman–Crippen MR) is 354 cm³/mol. The molecule has 0 aliphatic heterocycles. The van der Waals surface area contributed by atoms with Crippen molar-refractivity contribution in [2.24, 2.45) is 64.2 Å². The van der Waals surface area contributed by atoms with Crippen molar-refractivity contribution in [3.05, 3.63) is 0 Å². The van der Waals surface area contributed by atoms with Crippen LogP contribution in [0, 0.1) is 35.5 Å². The fourth-order valence-electron chi connectivity index (χ4n) is 5.69. The van der Waals surface area contributed by atoms with E-state index in [-0.39, 0.29) is 57.2 Å². The monoisotopic (exact) mass is 1260 g/mol. The first kappa shape index (κ1) is 89.8. The van der Waals surface area contributed by atoms with E-state index in [0.29, 0.717) is 113 Å². The third-order valence-electron chi connectivity index (χ3n) is 11.5. The smallest absolute Gasteiger partial charge is 0.306 e. The highest BCUT2D eigenvalue weighted by atomic mass is 32.2. The second-order valence-electron chi connectivity index (χ2n) is 18.4. The molecule has 3 amide bonds. The van der Waals surface area contributed by atoms with Gasteiger partial charge in [-0.15, -0.1) is 0 Å². The topological polar surface area (TPSA) is 332 Å². The minimum Gasteiger partial charge on any atom is -0.469 e. The van der Waals surface area contributed by atoms with Crippen LogP contribution in [0.2, 0.25) is 0 Å². The van der Waals surface area contributed by atoms with Crippen molar-refractivity contribution in [1.82, 2.24) is 31.9 Å². The van der Waals surface area contributed by atoms with Gasteiger partial charge in [-0.2, -0.15) is 70.6 Å². The zero-order valence-electron chi connectivity index (χ0n) is 49.4. The van der Waals surface area contributed by atoms with E-state index in [1.54, 1.807) is 35.3 Å². The van der Waals surface area contributed by atoms with Crippen molar-refractivity contribution in [2.75, 3.05) is 176 Å². The summed E-state index contributed by atoms with van der Waals surface area (Å²) in [6, 6.07) is 0. The van der Waals surface area contributed by atoms with Crippen LogP contribution >= 0.6 is 70.6 Å². The largest absolute Gasteiger partial charge is 0.469 e. The Morgan fingerprint density at radius 3 is 0.700 bits per heavy atom. The van der Waals surface area contributed by atoms with Gasteiger partial charge in [-0.1, -0.05) is 56.4 Å². The molecule has 0 aromatic heterocycles. The van der Waals surface area contributed by atoms with Crippen LogP contribution < -0.4 is 60.6 Å². The summed E-state index contributed by atoms with van der Waals surface area (Å²) < 4.78 is 13.8. The number of rotatable bonds is 48. The van der Waals surface area contributed by atoms with E-state index < -0.39 is 0 Å². The molecule has 6 unspecified atom stereocenters. The van der Waals surface area contributed by atoms with Crippen molar-refractivity contribution in [2.45, 2.75) is 94.9 Å². The van der Waals surface area contributed by atoms with E-state index in [4.69, 9.17) is 17.2 Å². The minimum absolute atomic E-state index is 0. The lowest BCUT2D eigenvalue weighted by Crippen LogP contribution is -2.34. The number of hydrogen-bond acceptors (Lipinski definition) is 23. The molecule has 0 aromatic carbocycles. The lowest BCUT2D eigenvalue weighted by Gasteiger charge is -2.19. The molecule has 0 bridgehead atoms. The average molecular weight is 1260 g/mol. The summed E-state index contributed by atoms with van der Waals surface area (Å²) in [5.74, 6) is 14.8. The van der Waals surface area contributed by atoms with Gasteiger partial charge in [-0.05, 0) is 70.0 Å². The van der Waals surface area contributed by atoms with Gasteiger partial charge in [0, 0.05) is 139 Å². The zero-order chi connectivity index (χ0) is 59.5. The quantitative estimate of drug-likeness (QED) is 0.0176. The highest BCUT2D eigenvalue weighted by Crippen LogP contribution is 2.24. The molecule has 26 heteroatoms. The molecule has 80 heavy (non-hydrogen) atoms. The van der Waals surface area contributed by atoms with E-state index >= 15 is 0 Å². The number of amides is 3. The Hall–Kier alpha value is -1.40. The molecule has 0 fully saturated rings. The second kappa shape index (κ2) is 70.1. The third kappa shape index (κ3) is 69.1. The summed E-state index contributed by atoms with van der Waals surface area (Å²) in [7, 11) is 4.26. The molecule has 16 N–H and O–H groups in total. The molecule has 0 saturated carbocycles. The molecular weight excluding hydrogens is 1140 g/mol. The van der Waals surface area contributed by atoms with Gasteiger partial charge >= 0.3 is 17.9 Å². The van der Waals surface area contributed by atoms with Crippen LogP contribution in [0.1, 0.15) is 94.9 Å². The van der Waals surface area contributed by atoms with Gasteiger partial charge < -0.3 is 74.8 Å². The van der Waals surface area contributed by atoms with Crippen LogP contribution in [0.25, 0.3) is 0 Å². The van der Waals surface area contributed by atoms with Crippen molar-refractivity contribution >= 4 is 106 Å². The maximum Gasteiger partial charge on any atom is 0.306 e.